The van der Waals surface area contributed by atoms with Crippen LogP contribution in [0.1, 0.15) is 29.3 Å². The third-order valence-electron chi connectivity index (χ3n) is 5.32. The van der Waals surface area contributed by atoms with Crippen LogP contribution < -0.4 is 0 Å². The molecule has 0 aliphatic heterocycles. The highest BCUT2D eigenvalue weighted by Crippen LogP contribution is 2.63. The van der Waals surface area contributed by atoms with Crippen molar-refractivity contribution in [2.75, 3.05) is 14.2 Å². The molecular formula is C19H15F15O3. The Labute approximate surface area is 197 Å². The Hall–Kier alpha value is -2.40. The second-order valence-corrected chi connectivity index (χ2v) is 7.75. The Morgan fingerprint density at radius 2 is 1.03 bits per heavy atom. The Bertz CT molecular complexity index is 970. The average Bonchev–Trinajstić information content (AvgIpc) is 2.76. The third kappa shape index (κ3) is 4.92. The molecule has 0 fully saturated rings. The first-order valence-corrected chi connectivity index (χ1v) is 9.29. The van der Waals surface area contributed by atoms with E-state index in [-0.39, 0.29) is 5.56 Å². The molecule has 0 heterocycles. The van der Waals surface area contributed by atoms with Crippen molar-refractivity contribution in [2.24, 2.45) is 0 Å². The van der Waals surface area contributed by atoms with Crippen LogP contribution in [0.25, 0.3) is 0 Å². The van der Waals surface area contributed by atoms with E-state index in [9.17, 15) is 70.7 Å². The fourth-order valence-electron chi connectivity index (χ4n) is 2.90. The summed E-state index contributed by atoms with van der Waals surface area (Å²) in [4.78, 5) is 11.4. The van der Waals surface area contributed by atoms with Gasteiger partial charge in [0.2, 0.25) is 0 Å². The molecule has 37 heavy (non-hydrogen) atoms. The van der Waals surface area contributed by atoms with Crippen molar-refractivity contribution in [3.63, 3.8) is 0 Å². The maximum absolute atomic E-state index is 14.4. The summed E-state index contributed by atoms with van der Waals surface area (Å²) in [5.74, 6) is -48.0. The van der Waals surface area contributed by atoms with Crippen LogP contribution in [0.15, 0.2) is 24.3 Å². The average molecular weight is 576 g/mol. The largest absolute Gasteiger partial charge is 0.465 e. The van der Waals surface area contributed by atoms with Gasteiger partial charge in [0.15, 0.2) is 0 Å². The van der Waals surface area contributed by atoms with Crippen molar-refractivity contribution in [3.8, 4) is 0 Å². The minimum atomic E-state index is -8.36. The minimum Gasteiger partial charge on any atom is -0.465 e. The number of carbonyl (C=O) groups is 1. The number of alkyl halides is 15. The molecule has 0 amide bonds. The van der Waals surface area contributed by atoms with Crippen molar-refractivity contribution in [3.05, 3.63) is 35.4 Å². The molecule has 1 unspecified atom stereocenters. The first-order chi connectivity index (χ1) is 16.2. The number of esters is 1. The minimum absolute atomic E-state index is 0.249. The van der Waals surface area contributed by atoms with E-state index in [0.717, 1.165) is 31.4 Å². The predicted octanol–water partition coefficient (Wildman–Crippen LogP) is 7.10. The molecule has 1 atom stereocenters. The fourth-order valence-corrected chi connectivity index (χ4v) is 2.90. The monoisotopic (exact) mass is 576 g/mol. The van der Waals surface area contributed by atoms with Crippen molar-refractivity contribution in [1.29, 1.82) is 0 Å². The summed E-state index contributed by atoms with van der Waals surface area (Å²) in [5, 5.41) is 0. The lowest BCUT2D eigenvalue weighted by Gasteiger charge is -2.43. The van der Waals surface area contributed by atoms with Gasteiger partial charge in [0.1, 0.15) is 0 Å². The zero-order chi connectivity index (χ0) is 29.7. The van der Waals surface area contributed by atoms with Gasteiger partial charge in [0, 0.05) is 7.11 Å². The molecule has 0 aliphatic rings. The SMILES string of the molecule is COC(=O)c1ccc(C(C)(CC(F)(F)C(F)(F)C(F)(F)C(F)(F)C(F)(F)C(F)(F)C(F)(F)F)OC)cc1. The van der Waals surface area contributed by atoms with Crippen LogP contribution in [0.5, 0.6) is 0 Å². The number of rotatable bonds is 10. The molecular weight excluding hydrogens is 561 g/mol. The Kier molecular flexibility index (Phi) is 8.30. The van der Waals surface area contributed by atoms with E-state index in [2.05, 4.69) is 9.47 Å². The number of methoxy groups -OCH3 is 2. The van der Waals surface area contributed by atoms with Gasteiger partial charge in [-0.3, -0.25) is 0 Å². The summed E-state index contributed by atoms with van der Waals surface area (Å²) in [6.45, 7) is 0.507. The molecule has 0 aromatic heterocycles. The molecule has 0 saturated carbocycles. The number of ether oxygens (including phenoxy) is 2. The van der Waals surface area contributed by atoms with Crippen molar-refractivity contribution >= 4 is 5.97 Å². The third-order valence-corrected chi connectivity index (χ3v) is 5.32. The normalized spacial score (nSPS) is 16.4. The van der Waals surface area contributed by atoms with Crippen LogP contribution in [0, 0.1) is 0 Å². The van der Waals surface area contributed by atoms with E-state index in [1.807, 2.05) is 0 Å². The molecule has 0 aliphatic carbocycles. The standard InChI is InChI=1S/C19H15F15O3/c1-12(37-3,10-6-4-9(5-7-10)11(35)36-2)8-13(20,21)14(22,23)15(24,25)16(26,27)17(28,29)18(30,31)19(32,33)34/h4-7H,8H2,1-3H3. The highest BCUT2D eigenvalue weighted by Gasteiger charge is 2.93. The van der Waals surface area contributed by atoms with Crippen LogP contribution in [0.2, 0.25) is 0 Å². The molecule has 0 N–H and O–H groups in total. The van der Waals surface area contributed by atoms with Crippen molar-refractivity contribution in [1.82, 2.24) is 0 Å². The number of benzene rings is 1. The van der Waals surface area contributed by atoms with Gasteiger partial charge in [-0.1, -0.05) is 12.1 Å². The molecule has 0 saturated heterocycles. The molecule has 3 nitrogen and oxygen atoms in total. The lowest BCUT2D eigenvalue weighted by molar-refractivity contribution is -0.453. The summed E-state index contributed by atoms with van der Waals surface area (Å²) in [5.41, 5.74) is -3.67. The number of halogens is 15. The molecule has 1 rings (SSSR count). The van der Waals surface area contributed by atoms with Crippen LogP contribution in [0.4, 0.5) is 65.9 Å². The van der Waals surface area contributed by atoms with E-state index < -0.39 is 65.3 Å². The highest BCUT2D eigenvalue weighted by atomic mass is 19.4. The first-order valence-electron chi connectivity index (χ1n) is 9.29. The summed E-state index contributed by atoms with van der Waals surface area (Å²) in [7, 11) is 1.47. The van der Waals surface area contributed by atoms with Crippen molar-refractivity contribution < 1.29 is 80.1 Å². The second kappa shape index (κ2) is 9.41. The van der Waals surface area contributed by atoms with Gasteiger partial charge in [-0.15, -0.1) is 0 Å². The van der Waals surface area contributed by atoms with Gasteiger partial charge in [0.05, 0.1) is 24.7 Å². The van der Waals surface area contributed by atoms with Crippen LogP contribution >= 0.6 is 0 Å². The zero-order valence-corrected chi connectivity index (χ0v) is 18.4. The van der Waals surface area contributed by atoms with Crippen molar-refractivity contribution in [2.45, 2.75) is 60.7 Å². The summed E-state index contributed by atoms with van der Waals surface area (Å²) in [6.07, 6.45) is -10.4. The second-order valence-electron chi connectivity index (χ2n) is 7.75. The lowest BCUT2D eigenvalue weighted by atomic mass is 9.83. The van der Waals surface area contributed by atoms with E-state index in [0.29, 0.717) is 14.0 Å². The zero-order valence-electron chi connectivity index (χ0n) is 18.4. The quantitative estimate of drug-likeness (QED) is 0.220. The maximum Gasteiger partial charge on any atom is 0.460 e. The Morgan fingerprint density at radius 1 is 0.649 bits per heavy atom. The number of hydrogen-bond acceptors (Lipinski definition) is 3. The lowest BCUT2D eigenvalue weighted by Crippen LogP contribution is -2.72. The predicted molar refractivity (Wildman–Crippen MR) is 92.5 cm³/mol. The molecule has 0 spiro atoms. The van der Waals surface area contributed by atoms with Gasteiger partial charge in [-0.05, 0) is 24.6 Å². The van der Waals surface area contributed by atoms with Gasteiger partial charge in [0.25, 0.3) is 0 Å². The van der Waals surface area contributed by atoms with Crippen LogP contribution in [0.3, 0.4) is 0 Å². The fraction of sp³-hybridized carbons (Fsp3) is 0.632. The molecule has 0 radical (unpaired) electrons. The van der Waals surface area contributed by atoms with E-state index in [1.165, 1.54) is 0 Å². The van der Waals surface area contributed by atoms with Crippen LogP contribution in [-0.4, -0.2) is 61.9 Å². The molecule has 214 valence electrons. The smallest absolute Gasteiger partial charge is 0.460 e. The van der Waals surface area contributed by atoms with E-state index >= 15 is 0 Å². The molecule has 0 bridgehead atoms. The Balaban J connectivity index is 3.56. The topological polar surface area (TPSA) is 35.5 Å². The highest BCUT2D eigenvalue weighted by molar-refractivity contribution is 5.89. The van der Waals surface area contributed by atoms with Gasteiger partial charge < -0.3 is 9.47 Å². The van der Waals surface area contributed by atoms with Crippen LogP contribution in [-0.2, 0) is 15.1 Å². The van der Waals surface area contributed by atoms with E-state index in [4.69, 9.17) is 0 Å². The van der Waals surface area contributed by atoms with Gasteiger partial charge in [-0.25, -0.2) is 4.79 Å². The maximum atomic E-state index is 14.4. The number of hydrogen-bond donors (Lipinski definition) is 0. The Morgan fingerprint density at radius 3 is 1.38 bits per heavy atom. The molecule has 18 heteroatoms. The first kappa shape index (κ1) is 32.6. The van der Waals surface area contributed by atoms with Gasteiger partial charge >= 0.3 is 47.7 Å². The molecule has 1 aromatic rings. The van der Waals surface area contributed by atoms with Gasteiger partial charge in [-0.2, -0.15) is 65.9 Å². The summed E-state index contributed by atoms with van der Waals surface area (Å²) in [6, 6.07) is 3.18. The number of carbonyl (C=O) groups excluding carboxylic acids is 1. The van der Waals surface area contributed by atoms with E-state index in [1.54, 1.807) is 0 Å². The summed E-state index contributed by atoms with van der Waals surface area (Å²) >= 11 is 0. The molecule has 1 aromatic carbocycles. The summed E-state index contributed by atoms with van der Waals surface area (Å²) < 4.78 is 210.